The molecule has 0 aromatic heterocycles. The standard InChI is InChI=1S/C10H19N3O3/c1-7(9(14)15)11-10(16)12-8-3-5-13(2)6-4-8/h7-8H,3-6H2,1-2H3,(H,14,15)(H2,11,12,16)/t7-/m1/s1. The molecular formula is C10H19N3O3. The fourth-order valence-corrected chi connectivity index (χ4v) is 1.64. The molecular weight excluding hydrogens is 210 g/mol. The van der Waals surface area contributed by atoms with Gasteiger partial charge in [0.25, 0.3) is 0 Å². The molecule has 2 amide bonds. The smallest absolute Gasteiger partial charge is 0.325 e. The van der Waals surface area contributed by atoms with Crippen molar-refractivity contribution < 1.29 is 14.7 Å². The van der Waals surface area contributed by atoms with Gasteiger partial charge in [0.2, 0.25) is 0 Å². The topological polar surface area (TPSA) is 81.7 Å². The molecule has 0 radical (unpaired) electrons. The second-order valence-electron chi connectivity index (χ2n) is 4.26. The largest absolute Gasteiger partial charge is 0.480 e. The van der Waals surface area contributed by atoms with Crippen molar-refractivity contribution in [2.75, 3.05) is 20.1 Å². The van der Waals surface area contributed by atoms with Crippen molar-refractivity contribution in [1.29, 1.82) is 0 Å². The van der Waals surface area contributed by atoms with Gasteiger partial charge in [0.15, 0.2) is 0 Å². The van der Waals surface area contributed by atoms with Crippen molar-refractivity contribution in [3.63, 3.8) is 0 Å². The highest BCUT2D eigenvalue weighted by Gasteiger charge is 2.20. The van der Waals surface area contributed by atoms with E-state index >= 15 is 0 Å². The maximum absolute atomic E-state index is 11.4. The quantitative estimate of drug-likeness (QED) is 0.629. The van der Waals surface area contributed by atoms with E-state index in [2.05, 4.69) is 15.5 Å². The average Bonchev–Trinajstić information content (AvgIpc) is 2.21. The van der Waals surface area contributed by atoms with Gasteiger partial charge in [-0.2, -0.15) is 0 Å². The van der Waals surface area contributed by atoms with Crippen molar-refractivity contribution in [3.05, 3.63) is 0 Å². The summed E-state index contributed by atoms with van der Waals surface area (Å²) in [5, 5.41) is 13.8. The van der Waals surface area contributed by atoms with Gasteiger partial charge < -0.3 is 20.6 Å². The van der Waals surface area contributed by atoms with Crippen LogP contribution in [0.2, 0.25) is 0 Å². The molecule has 0 spiro atoms. The average molecular weight is 229 g/mol. The highest BCUT2D eigenvalue weighted by Crippen LogP contribution is 2.07. The van der Waals surface area contributed by atoms with Crippen LogP contribution in [0.1, 0.15) is 19.8 Å². The first-order chi connectivity index (χ1) is 7.49. The summed E-state index contributed by atoms with van der Waals surface area (Å²) in [6.45, 7) is 3.36. The third-order valence-corrected chi connectivity index (χ3v) is 2.77. The summed E-state index contributed by atoms with van der Waals surface area (Å²) in [6.07, 6.45) is 1.82. The Balaban J connectivity index is 2.26. The Morgan fingerprint density at radius 1 is 1.38 bits per heavy atom. The van der Waals surface area contributed by atoms with E-state index in [0.29, 0.717) is 0 Å². The number of carbonyl (C=O) groups excluding carboxylic acids is 1. The third-order valence-electron chi connectivity index (χ3n) is 2.77. The number of carboxylic acids is 1. The number of rotatable bonds is 3. The molecule has 3 N–H and O–H groups in total. The summed E-state index contributed by atoms with van der Waals surface area (Å²) in [7, 11) is 2.04. The second-order valence-corrected chi connectivity index (χ2v) is 4.26. The van der Waals surface area contributed by atoms with Crippen molar-refractivity contribution in [3.8, 4) is 0 Å². The van der Waals surface area contributed by atoms with Crippen molar-refractivity contribution in [1.82, 2.24) is 15.5 Å². The fourth-order valence-electron chi connectivity index (χ4n) is 1.64. The Hall–Kier alpha value is -1.30. The maximum Gasteiger partial charge on any atom is 0.325 e. The van der Waals surface area contributed by atoms with Gasteiger partial charge in [-0.15, -0.1) is 0 Å². The van der Waals surface area contributed by atoms with E-state index in [-0.39, 0.29) is 6.04 Å². The molecule has 1 heterocycles. The Bertz CT molecular complexity index is 262. The predicted molar refractivity (Wildman–Crippen MR) is 59.3 cm³/mol. The molecule has 1 aliphatic rings. The molecule has 0 aliphatic carbocycles. The van der Waals surface area contributed by atoms with Crippen LogP contribution in [-0.2, 0) is 4.79 Å². The zero-order valence-electron chi connectivity index (χ0n) is 9.69. The van der Waals surface area contributed by atoms with Crippen molar-refractivity contribution in [2.24, 2.45) is 0 Å². The van der Waals surface area contributed by atoms with Crippen LogP contribution in [0.25, 0.3) is 0 Å². The summed E-state index contributed by atoms with van der Waals surface area (Å²) in [4.78, 5) is 24.1. The number of amides is 2. The molecule has 0 unspecified atom stereocenters. The Kier molecular flexibility index (Phi) is 4.54. The molecule has 1 atom stereocenters. The summed E-state index contributed by atoms with van der Waals surface area (Å²) in [5.41, 5.74) is 0. The number of hydrogen-bond acceptors (Lipinski definition) is 3. The number of hydrogen-bond donors (Lipinski definition) is 3. The monoisotopic (exact) mass is 229 g/mol. The van der Waals surface area contributed by atoms with Gasteiger partial charge in [-0.05, 0) is 39.9 Å². The van der Waals surface area contributed by atoms with E-state index in [1.165, 1.54) is 6.92 Å². The van der Waals surface area contributed by atoms with Gasteiger partial charge in [0.05, 0.1) is 0 Å². The highest BCUT2D eigenvalue weighted by molar-refractivity contribution is 5.82. The van der Waals surface area contributed by atoms with Gasteiger partial charge >= 0.3 is 12.0 Å². The molecule has 6 nitrogen and oxygen atoms in total. The number of urea groups is 1. The number of carboxylic acid groups (broad SMARTS) is 1. The van der Waals surface area contributed by atoms with Crippen molar-refractivity contribution in [2.45, 2.75) is 31.8 Å². The van der Waals surface area contributed by atoms with Gasteiger partial charge in [0, 0.05) is 6.04 Å². The van der Waals surface area contributed by atoms with E-state index < -0.39 is 18.0 Å². The lowest BCUT2D eigenvalue weighted by Gasteiger charge is -2.29. The summed E-state index contributed by atoms with van der Waals surface area (Å²) in [5.74, 6) is -1.03. The number of carbonyl (C=O) groups is 2. The van der Waals surface area contributed by atoms with Crippen LogP contribution >= 0.6 is 0 Å². The van der Waals surface area contributed by atoms with E-state index in [0.717, 1.165) is 25.9 Å². The predicted octanol–water partition coefficient (Wildman–Crippen LogP) is -0.147. The first-order valence-corrected chi connectivity index (χ1v) is 5.47. The zero-order valence-corrected chi connectivity index (χ0v) is 9.69. The van der Waals surface area contributed by atoms with Gasteiger partial charge in [0.1, 0.15) is 6.04 Å². The van der Waals surface area contributed by atoms with E-state index in [1.807, 2.05) is 7.05 Å². The van der Waals surface area contributed by atoms with Crippen LogP contribution in [0.4, 0.5) is 4.79 Å². The van der Waals surface area contributed by atoms with Crippen LogP contribution in [0, 0.1) is 0 Å². The van der Waals surface area contributed by atoms with Crippen LogP contribution in [0.3, 0.4) is 0 Å². The Morgan fingerprint density at radius 3 is 2.44 bits per heavy atom. The molecule has 1 saturated heterocycles. The normalized spacial score (nSPS) is 20.1. The van der Waals surface area contributed by atoms with E-state index in [1.54, 1.807) is 0 Å². The Labute approximate surface area is 95.0 Å². The number of aliphatic carboxylic acids is 1. The highest BCUT2D eigenvalue weighted by atomic mass is 16.4. The lowest BCUT2D eigenvalue weighted by Crippen LogP contribution is -2.50. The first kappa shape index (κ1) is 12.8. The molecule has 16 heavy (non-hydrogen) atoms. The second kappa shape index (κ2) is 5.69. The van der Waals surface area contributed by atoms with E-state index in [4.69, 9.17) is 5.11 Å². The molecule has 0 aromatic carbocycles. The summed E-state index contributed by atoms with van der Waals surface area (Å²) in [6, 6.07) is -1.10. The Morgan fingerprint density at radius 2 is 1.94 bits per heavy atom. The summed E-state index contributed by atoms with van der Waals surface area (Å²) < 4.78 is 0. The van der Waals surface area contributed by atoms with Crippen LogP contribution in [0.5, 0.6) is 0 Å². The molecule has 1 aliphatic heterocycles. The maximum atomic E-state index is 11.4. The molecule has 92 valence electrons. The molecule has 1 fully saturated rings. The number of nitrogens with one attached hydrogen (secondary N) is 2. The van der Waals surface area contributed by atoms with Gasteiger partial charge in [-0.25, -0.2) is 4.79 Å². The number of likely N-dealkylation sites (tertiary alicyclic amines) is 1. The lowest BCUT2D eigenvalue weighted by atomic mass is 10.1. The SMILES string of the molecule is C[C@@H](NC(=O)NC1CCN(C)CC1)C(=O)O. The minimum absolute atomic E-state index is 0.150. The van der Waals surface area contributed by atoms with Crippen LogP contribution in [-0.4, -0.2) is 54.2 Å². The minimum atomic E-state index is -1.03. The van der Waals surface area contributed by atoms with Crippen LogP contribution in [0.15, 0.2) is 0 Å². The molecule has 0 saturated carbocycles. The van der Waals surface area contributed by atoms with Crippen LogP contribution < -0.4 is 10.6 Å². The zero-order chi connectivity index (χ0) is 12.1. The first-order valence-electron chi connectivity index (χ1n) is 5.47. The van der Waals surface area contributed by atoms with E-state index in [9.17, 15) is 9.59 Å². The molecule has 1 rings (SSSR count). The van der Waals surface area contributed by atoms with Gasteiger partial charge in [-0.3, -0.25) is 4.79 Å². The molecule has 0 bridgehead atoms. The third kappa shape index (κ3) is 4.06. The molecule has 6 heteroatoms. The summed E-state index contributed by atoms with van der Waals surface area (Å²) >= 11 is 0. The molecule has 0 aromatic rings. The number of nitrogens with zero attached hydrogens (tertiary/aromatic N) is 1. The van der Waals surface area contributed by atoms with Crippen molar-refractivity contribution >= 4 is 12.0 Å². The lowest BCUT2D eigenvalue weighted by molar-refractivity contribution is -0.138. The fraction of sp³-hybridized carbons (Fsp3) is 0.800. The van der Waals surface area contributed by atoms with Gasteiger partial charge in [-0.1, -0.05) is 0 Å². The minimum Gasteiger partial charge on any atom is -0.480 e. The number of piperidine rings is 1.